The summed E-state index contributed by atoms with van der Waals surface area (Å²) in [6, 6.07) is 15.2. The molecule has 0 aliphatic heterocycles. The number of ether oxygens (including phenoxy) is 2. The number of aryl methyl sites for hydroxylation is 1. The van der Waals surface area contributed by atoms with Crippen LogP contribution in [0.5, 0.6) is 11.5 Å². The monoisotopic (exact) mass is 340 g/mol. The molecular formula is C20H24N2O3. The van der Waals surface area contributed by atoms with Crippen LogP contribution in [0.25, 0.3) is 0 Å². The van der Waals surface area contributed by atoms with Crippen molar-refractivity contribution in [2.45, 2.75) is 26.7 Å². The maximum atomic E-state index is 11.7. The van der Waals surface area contributed by atoms with Gasteiger partial charge in [-0.25, -0.2) is 5.43 Å². The van der Waals surface area contributed by atoms with Crippen LogP contribution >= 0.6 is 0 Å². The number of nitrogens with zero attached hydrogens (tertiary/aromatic N) is 1. The molecule has 0 atom stereocenters. The first-order valence-corrected chi connectivity index (χ1v) is 8.47. The van der Waals surface area contributed by atoms with Gasteiger partial charge in [0.1, 0.15) is 11.5 Å². The molecule has 2 rings (SSSR count). The lowest BCUT2D eigenvalue weighted by Crippen LogP contribution is -2.24. The molecule has 5 nitrogen and oxygen atoms in total. The van der Waals surface area contributed by atoms with Gasteiger partial charge in [0.15, 0.2) is 6.61 Å². The number of benzene rings is 2. The summed E-state index contributed by atoms with van der Waals surface area (Å²) in [6.07, 6.45) is 3.73. The van der Waals surface area contributed by atoms with Crippen molar-refractivity contribution in [3.63, 3.8) is 0 Å². The minimum Gasteiger partial charge on any atom is -0.494 e. The van der Waals surface area contributed by atoms with E-state index in [4.69, 9.17) is 9.47 Å². The molecule has 2 aromatic rings. The number of amides is 1. The van der Waals surface area contributed by atoms with E-state index in [1.807, 2.05) is 55.5 Å². The van der Waals surface area contributed by atoms with Gasteiger partial charge < -0.3 is 9.47 Å². The summed E-state index contributed by atoms with van der Waals surface area (Å²) in [6.45, 7) is 4.63. The molecule has 0 unspecified atom stereocenters. The van der Waals surface area contributed by atoms with Crippen molar-refractivity contribution in [2.24, 2.45) is 5.10 Å². The minimum absolute atomic E-state index is 0.0757. The first-order valence-electron chi connectivity index (χ1n) is 8.47. The summed E-state index contributed by atoms with van der Waals surface area (Å²) < 4.78 is 10.8. The lowest BCUT2D eigenvalue weighted by molar-refractivity contribution is -0.123. The van der Waals surface area contributed by atoms with Gasteiger partial charge in [-0.15, -0.1) is 0 Å². The van der Waals surface area contributed by atoms with Crippen LogP contribution in [0.15, 0.2) is 53.6 Å². The summed E-state index contributed by atoms with van der Waals surface area (Å²) in [5.74, 6) is 1.17. The van der Waals surface area contributed by atoms with E-state index in [-0.39, 0.29) is 12.5 Å². The zero-order chi connectivity index (χ0) is 17.9. The Labute approximate surface area is 148 Å². The molecule has 5 heteroatoms. The largest absolute Gasteiger partial charge is 0.494 e. The molecule has 2 aromatic carbocycles. The highest BCUT2D eigenvalue weighted by atomic mass is 16.5. The van der Waals surface area contributed by atoms with E-state index >= 15 is 0 Å². The number of hydrazone groups is 1. The third-order valence-corrected chi connectivity index (χ3v) is 3.43. The van der Waals surface area contributed by atoms with E-state index in [9.17, 15) is 4.79 Å². The fourth-order valence-electron chi connectivity index (χ4n) is 2.22. The molecule has 0 spiro atoms. The summed E-state index contributed by atoms with van der Waals surface area (Å²) in [5.41, 5.74) is 4.58. The van der Waals surface area contributed by atoms with Gasteiger partial charge in [0.25, 0.3) is 5.91 Å². The van der Waals surface area contributed by atoms with Crippen molar-refractivity contribution in [2.75, 3.05) is 13.2 Å². The molecule has 0 saturated heterocycles. The van der Waals surface area contributed by atoms with Crippen LogP contribution in [0.4, 0.5) is 0 Å². The summed E-state index contributed by atoms with van der Waals surface area (Å²) in [4.78, 5) is 11.7. The van der Waals surface area contributed by atoms with E-state index in [0.29, 0.717) is 12.4 Å². The van der Waals surface area contributed by atoms with Crippen molar-refractivity contribution in [3.8, 4) is 11.5 Å². The van der Waals surface area contributed by atoms with E-state index < -0.39 is 0 Å². The average Bonchev–Trinajstić information content (AvgIpc) is 2.63. The number of carbonyl (C=O) groups excluding carboxylic acids is 1. The third-order valence-electron chi connectivity index (χ3n) is 3.43. The molecule has 0 aromatic heterocycles. The highest BCUT2D eigenvalue weighted by Crippen LogP contribution is 2.13. The zero-order valence-electron chi connectivity index (χ0n) is 14.7. The number of carbonyl (C=O) groups is 1. The molecule has 0 aliphatic rings. The second-order valence-corrected chi connectivity index (χ2v) is 5.48. The quantitative estimate of drug-likeness (QED) is 0.561. The lowest BCUT2D eigenvalue weighted by Gasteiger charge is -2.06. The van der Waals surface area contributed by atoms with Gasteiger partial charge in [-0.3, -0.25) is 4.79 Å². The Morgan fingerprint density at radius 2 is 1.64 bits per heavy atom. The number of hydrogen-bond donors (Lipinski definition) is 1. The van der Waals surface area contributed by atoms with Crippen molar-refractivity contribution >= 4 is 12.1 Å². The van der Waals surface area contributed by atoms with Crippen molar-refractivity contribution in [1.29, 1.82) is 0 Å². The Kier molecular flexibility index (Phi) is 7.50. The van der Waals surface area contributed by atoms with Crippen molar-refractivity contribution < 1.29 is 14.3 Å². The van der Waals surface area contributed by atoms with Gasteiger partial charge in [-0.2, -0.15) is 5.10 Å². The van der Waals surface area contributed by atoms with Crippen LogP contribution in [0.3, 0.4) is 0 Å². The van der Waals surface area contributed by atoms with Crippen molar-refractivity contribution in [3.05, 3.63) is 59.7 Å². The smallest absolute Gasteiger partial charge is 0.277 e. The molecule has 1 amide bonds. The first-order chi connectivity index (χ1) is 12.2. The van der Waals surface area contributed by atoms with Crippen LogP contribution in [-0.2, 0) is 11.2 Å². The standard InChI is InChI=1S/C20H24N2O3/c1-3-5-16-6-10-19(11-7-16)25-15-20(23)22-21-14-17-8-12-18(13-9-17)24-4-2/h6-14H,3-5,15H2,1-2H3,(H,22,23)/b21-14+. The Hall–Kier alpha value is -2.82. The molecule has 0 radical (unpaired) electrons. The van der Waals surface area contributed by atoms with Crippen LogP contribution < -0.4 is 14.9 Å². The SMILES string of the molecule is CCCc1ccc(OCC(=O)N/N=C/c2ccc(OCC)cc2)cc1. The van der Waals surface area contributed by atoms with Crippen LogP contribution in [0, 0.1) is 0 Å². The molecule has 0 saturated carbocycles. The Bertz CT molecular complexity index is 679. The summed E-state index contributed by atoms with van der Waals surface area (Å²) in [5, 5.41) is 3.92. The van der Waals surface area contributed by atoms with Gasteiger partial charge >= 0.3 is 0 Å². The second-order valence-electron chi connectivity index (χ2n) is 5.48. The Balaban J connectivity index is 1.74. The number of nitrogens with one attached hydrogen (secondary N) is 1. The number of rotatable bonds is 9. The van der Waals surface area contributed by atoms with Gasteiger partial charge in [-0.1, -0.05) is 25.5 Å². The van der Waals surface area contributed by atoms with Gasteiger partial charge in [0, 0.05) is 0 Å². The topological polar surface area (TPSA) is 59.9 Å². The molecule has 25 heavy (non-hydrogen) atoms. The van der Waals surface area contributed by atoms with Crippen LogP contribution in [0.2, 0.25) is 0 Å². The van der Waals surface area contributed by atoms with Gasteiger partial charge in [0.2, 0.25) is 0 Å². The fraction of sp³-hybridized carbons (Fsp3) is 0.300. The Morgan fingerprint density at radius 3 is 2.28 bits per heavy atom. The molecule has 0 aliphatic carbocycles. The van der Waals surface area contributed by atoms with Crippen LogP contribution in [0.1, 0.15) is 31.4 Å². The molecule has 1 N–H and O–H groups in total. The van der Waals surface area contributed by atoms with Gasteiger partial charge in [-0.05, 0) is 60.9 Å². The van der Waals surface area contributed by atoms with Gasteiger partial charge in [0.05, 0.1) is 12.8 Å². The van der Waals surface area contributed by atoms with Crippen LogP contribution in [-0.4, -0.2) is 25.3 Å². The predicted molar refractivity (Wildman–Crippen MR) is 99.3 cm³/mol. The molecule has 0 fully saturated rings. The second kappa shape index (κ2) is 10.1. The van der Waals surface area contributed by atoms with E-state index in [1.165, 1.54) is 5.56 Å². The summed E-state index contributed by atoms with van der Waals surface area (Å²) in [7, 11) is 0. The molecule has 0 bridgehead atoms. The van der Waals surface area contributed by atoms with E-state index in [0.717, 1.165) is 24.2 Å². The fourth-order valence-corrected chi connectivity index (χ4v) is 2.22. The lowest BCUT2D eigenvalue weighted by atomic mass is 10.1. The highest BCUT2D eigenvalue weighted by Gasteiger charge is 2.01. The zero-order valence-corrected chi connectivity index (χ0v) is 14.7. The minimum atomic E-state index is -0.306. The normalized spacial score (nSPS) is 10.6. The molecule has 0 heterocycles. The van der Waals surface area contributed by atoms with Crippen molar-refractivity contribution in [1.82, 2.24) is 5.43 Å². The summed E-state index contributed by atoms with van der Waals surface area (Å²) >= 11 is 0. The predicted octanol–water partition coefficient (Wildman–Crippen LogP) is 3.57. The maximum Gasteiger partial charge on any atom is 0.277 e. The highest BCUT2D eigenvalue weighted by molar-refractivity contribution is 5.83. The first kappa shape index (κ1) is 18.5. The third kappa shape index (κ3) is 6.67. The average molecular weight is 340 g/mol. The molecule has 132 valence electrons. The van der Waals surface area contributed by atoms with E-state index in [1.54, 1.807) is 6.21 Å². The maximum absolute atomic E-state index is 11.7. The Morgan fingerprint density at radius 1 is 1.00 bits per heavy atom. The number of hydrogen-bond acceptors (Lipinski definition) is 4. The molecular weight excluding hydrogens is 316 g/mol. The van der Waals surface area contributed by atoms with E-state index in [2.05, 4.69) is 17.5 Å².